The Kier molecular flexibility index (Phi) is 7.20. The minimum absolute atomic E-state index is 0.110. The predicted octanol–water partition coefficient (Wildman–Crippen LogP) is 3.29. The monoisotopic (exact) mass is 390 g/mol. The zero-order valence-corrected chi connectivity index (χ0v) is 16.9. The molecule has 0 unspecified atom stereocenters. The fourth-order valence-electron chi connectivity index (χ4n) is 5.36. The molecule has 0 heterocycles. The Hall–Kier alpha value is -1.35. The van der Waals surface area contributed by atoms with Crippen LogP contribution in [0.4, 0.5) is 0 Å². The second-order valence-electron chi connectivity index (χ2n) is 8.56. The summed E-state index contributed by atoms with van der Waals surface area (Å²) < 4.78 is 6.18. The Labute approximate surface area is 168 Å². The molecule has 0 aliphatic heterocycles. The minimum Gasteiger partial charge on any atom is -0.481 e. The number of ether oxygens (including phenoxy) is 1. The van der Waals surface area contributed by atoms with E-state index in [0.717, 1.165) is 44.1 Å². The van der Waals surface area contributed by atoms with E-state index in [4.69, 9.17) is 9.84 Å². The maximum absolute atomic E-state index is 10.8. The smallest absolute Gasteiger partial charge is 0.303 e. The fraction of sp³-hybridized carbons (Fsp3) is 0.783. The van der Waals surface area contributed by atoms with Crippen LogP contribution in [-0.4, -0.2) is 45.7 Å². The number of hydrogen-bond donors (Lipinski definition) is 3. The highest BCUT2D eigenvalue weighted by Gasteiger charge is 2.58. The van der Waals surface area contributed by atoms with Gasteiger partial charge in [0.15, 0.2) is 0 Å². The molecular weight excluding hydrogens is 356 g/mol. The molecule has 0 radical (unpaired) electrons. The summed E-state index contributed by atoms with van der Waals surface area (Å²) in [5.74, 6) is 5.66. The van der Waals surface area contributed by atoms with E-state index >= 15 is 0 Å². The van der Waals surface area contributed by atoms with E-state index in [1.807, 2.05) is 13.0 Å². The third kappa shape index (κ3) is 4.45. The van der Waals surface area contributed by atoms with Gasteiger partial charge < -0.3 is 20.1 Å². The third-order valence-electron chi connectivity index (χ3n) is 6.89. The molecule has 0 spiro atoms. The zero-order valence-electron chi connectivity index (χ0n) is 16.9. The number of aliphatic hydroxyl groups is 2. The van der Waals surface area contributed by atoms with E-state index in [9.17, 15) is 15.0 Å². The Morgan fingerprint density at radius 1 is 1.32 bits per heavy atom. The van der Waals surface area contributed by atoms with Crippen LogP contribution in [0.5, 0.6) is 0 Å². The first-order valence-electron chi connectivity index (χ1n) is 10.9. The van der Waals surface area contributed by atoms with Gasteiger partial charge in [-0.15, -0.1) is 0 Å². The van der Waals surface area contributed by atoms with Crippen molar-refractivity contribution in [1.82, 2.24) is 0 Å². The van der Waals surface area contributed by atoms with Crippen molar-refractivity contribution in [2.75, 3.05) is 6.61 Å². The Morgan fingerprint density at radius 3 is 2.75 bits per heavy atom. The van der Waals surface area contributed by atoms with Crippen molar-refractivity contribution >= 4 is 5.97 Å². The summed E-state index contributed by atoms with van der Waals surface area (Å²) in [4.78, 5) is 10.8. The Bertz CT molecular complexity index is 639. The van der Waals surface area contributed by atoms with Gasteiger partial charge in [-0.2, -0.15) is 0 Å². The number of aliphatic carboxylic acids is 1. The van der Waals surface area contributed by atoms with Crippen LogP contribution in [-0.2, 0) is 9.53 Å². The van der Waals surface area contributed by atoms with Crippen molar-refractivity contribution in [2.45, 2.75) is 88.9 Å². The quantitative estimate of drug-likeness (QED) is 0.479. The summed E-state index contributed by atoms with van der Waals surface area (Å²) >= 11 is 0. The minimum atomic E-state index is -0.794. The Morgan fingerprint density at radius 2 is 2.07 bits per heavy atom. The highest BCUT2D eigenvalue weighted by atomic mass is 16.5. The van der Waals surface area contributed by atoms with Crippen molar-refractivity contribution in [3.63, 3.8) is 0 Å². The molecule has 0 aromatic heterocycles. The predicted molar refractivity (Wildman–Crippen MR) is 107 cm³/mol. The van der Waals surface area contributed by atoms with Crippen LogP contribution >= 0.6 is 0 Å². The standard InChI is InChI=1S/C23H34O5/c1-2-28-23-14-13-21(25)18(11-12-20(24)16-7-4-3-5-8-16)19(23)15-17(23)9-6-10-22(26)27/h9,16,18-21,24-25H,2-8,10,13-15H2,1H3,(H,26,27)/t18-,19-,20+,21-,23+/m0/s1. The molecule has 5 atom stereocenters. The van der Waals surface area contributed by atoms with Crippen molar-refractivity contribution in [2.24, 2.45) is 17.8 Å². The van der Waals surface area contributed by atoms with Gasteiger partial charge in [0.25, 0.3) is 0 Å². The van der Waals surface area contributed by atoms with E-state index < -0.39 is 23.8 Å². The lowest BCUT2D eigenvalue weighted by Crippen LogP contribution is -2.60. The van der Waals surface area contributed by atoms with Crippen LogP contribution in [0.3, 0.4) is 0 Å². The van der Waals surface area contributed by atoms with Gasteiger partial charge in [0.1, 0.15) is 6.10 Å². The van der Waals surface area contributed by atoms with Crippen LogP contribution in [0.15, 0.2) is 11.6 Å². The number of carboxylic acids is 1. The largest absolute Gasteiger partial charge is 0.481 e. The van der Waals surface area contributed by atoms with Crippen molar-refractivity contribution in [1.29, 1.82) is 0 Å². The number of aliphatic hydroxyl groups excluding tert-OH is 2. The van der Waals surface area contributed by atoms with Crippen LogP contribution in [0, 0.1) is 29.6 Å². The summed E-state index contributed by atoms with van der Waals surface area (Å²) in [7, 11) is 0. The molecule has 0 amide bonds. The number of fused-ring (bicyclic) bond motifs is 1. The molecule has 3 rings (SSSR count). The Balaban J connectivity index is 1.72. The van der Waals surface area contributed by atoms with Gasteiger partial charge in [-0.25, -0.2) is 0 Å². The van der Waals surface area contributed by atoms with E-state index in [1.165, 1.54) is 6.42 Å². The van der Waals surface area contributed by atoms with Gasteiger partial charge in [0, 0.05) is 18.9 Å². The first-order chi connectivity index (χ1) is 13.5. The van der Waals surface area contributed by atoms with Crippen LogP contribution < -0.4 is 0 Å². The first-order valence-corrected chi connectivity index (χ1v) is 10.9. The summed E-state index contributed by atoms with van der Waals surface area (Å²) in [6.07, 6.45) is 9.32. The van der Waals surface area contributed by atoms with Crippen molar-refractivity contribution in [3.05, 3.63) is 11.6 Å². The number of allylic oxidation sites excluding steroid dienone is 1. The molecular formula is C23H34O5. The highest BCUT2D eigenvalue weighted by Crippen LogP contribution is 2.57. The SMILES string of the molecule is CCO[C@@]12CC[C@H](O)[C@@H](C#C[C@@H](O)C3CCCCC3)[C@@H]1CC2=CCCC(=O)O. The summed E-state index contributed by atoms with van der Waals surface area (Å²) in [6.45, 7) is 2.55. The maximum atomic E-state index is 10.8. The van der Waals surface area contributed by atoms with Gasteiger partial charge in [0.05, 0.1) is 17.6 Å². The van der Waals surface area contributed by atoms with Crippen molar-refractivity contribution in [3.8, 4) is 11.8 Å². The van der Waals surface area contributed by atoms with E-state index in [2.05, 4.69) is 11.8 Å². The van der Waals surface area contributed by atoms with Gasteiger partial charge in [-0.1, -0.05) is 37.2 Å². The van der Waals surface area contributed by atoms with Crippen LogP contribution in [0.25, 0.3) is 0 Å². The number of rotatable bonds is 6. The number of carboxylic acid groups (broad SMARTS) is 1. The molecule has 28 heavy (non-hydrogen) atoms. The topological polar surface area (TPSA) is 87.0 Å². The third-order valence-corrected chi connectivity index (χ3v) is 6.89. The molecule has 3 aliphatic rings. The molecule has 0 aromatic carbocycles. The lowest BCUT2D eigenvalue weighted by molar-refractivity contribution is -0.153. The highest BCUT2D eigenvalue weighted by molar-refractivity contribution is 5.66. The van der Waals surface area contributed by atoms with Crippen LogP contribution in [0.1, 0.15) is 71.1 Å². The second kappa shape index (κ2) is 9.43. The number of carbonyl (C=O) groups is 1. The first kappa shape index (κ1) is 21.4. The van der Waals surface area contributed by atoms with Crippen molar-refractivity contribution < 1.29 is 24.9 Å². The molecule has 5 heteroatoms. The molecule has 3 N–H and O–H groups in total. The molecule has 0 saturated heterocycles. The lowest BCUT2D eigenvalue weighted by Gasteiger charge is -2.57. The molecule has 3 aliphatic carbocycles. The molecule has 5 nitrogen and oxygen atoms in total. The fourth-order valence-corrected chi connectivity index (χ4v) is 5.36. The molecule has 0 bridgehead atoms. The average molecular weight is 391 g/mol. The normalized spacial score (nSPS) is 35.4. The van der Waals surface area contributed by atoms with E-state index in [-0.39, 0.29) is 24.2 Å². The van der Waals surface area contributed by atoms with Gasteiger partial charge in [0.2, 0.25) is 0 Å². The summed E-state index contributed by atoms with van der Waals surface area (Å²) in [6, 6.07) is 0. The van der Waals surface area contributed by atoms with Crippen LogP contribution in [0.2, 0.25) is 0 Å². The van der Waals surface area contributed by atoms with E-state index in [0.29, 0.717) is 19.4 Å². The maximum Gasteiger partial charge on any atom is 0.303 e. The van der Waals surface area contributed by atoms with E-state index in [1.54, 1.807) is 0 Å². The molecule has 3 fully saturated rings. The van der Waals surface area contributed by atoms with Gasteiger partial charge in [-0.3, -0.25) is 4.79 Å². The molecule has 0 aromatic rings. The summed E-state index contributed by atoms with van der Waals surface area (Å²) in [5, 5.41) is 30.0. The van der Waals surface area contributed by atoms with Gasteiger partial charge >= 0.3 is 5.97 Å². The van der Waals surface area contributed by atoms with Gasteiger partial charge in [-0.05, 0) is 56.9 Å². The summed E-state index contributed by atoms with van der Waals surface area (Å²) in [5.41, 5.74) is 0.744. The molecule has 3 saturated carbocycles. The zero-order chi connectivity index (χ0) is 20.1. The lowest BCUT2D eigenvalue weighted by atomic mass is 9.53. The number of hydrogen-bond acceptors (Lipinski definition) is 4. The average Bonchev–Trinajstić information content (AvgIpc) is 2.68. The second-order valence-corrected chi connectivity index (χ2v) is 8.56. The molecule has 156 valence electrons.